The minimum Gasteiger partial charge on any atom is -0.481 e. The first-order valence-corrected chi connectivity index (χ1v) is 7.20. The molecule has 0 amide bonds. The van der Waals surface area contributed by atoms with Crippen LogP contribution in [-0.2, 0) is 21.5 Å². The predicted octanol–water partition coefficient (Wildman–Crippen LogP) is 1.29. The van der Waals surface area contributed by atoms with E-state index in [0.29, 0.717) is 31.4 Å². The molecule has 0 aromatic carbocycles. The summed E-state index contributed by atoms with van der Waals surface area (Å²) in [5, 5.41) is 13.2. The van der Waals surface area contributed by atoms with Gasteiger partial charge in [-0.1, -0.05) is 32.9 Å². The van der Waals surface area contributed by atoms with Crippen LogP contribution in [0, 0.1) is 5.92 Å². The van der Waals surface area contributed by atoms with Crippen molar-refractivity contribution >= 4 is 5.97 Å². The highest BCUT2D eigenvalue weighted by Crippen LogP contribution is 2.23. The number of hydrogen-bond donors (Lipinski definition) is 1. The van der Waals surface area contributed by atoms with Crippen LogP contribution in [0.5, 0.6) is 0 Å². The molecule has 1 aliphatic heterocycles. The summed E-state index contributed by atoms with van der Waals surface area (Å²) in [4.78, 5) is 17.7. The van der Waals surface area contributed by atoms with Gasteiger partial charge in [-0.25, -0.2) is 0 Å². The van der Waals surface area contributed by atoms with Crippen molar-refractivity contribution in [3.63, 3.8) is 0 Å². The van der Waals surface area contributed by atoms with Crippen LogP contribution in [0.1, 0.15) is 39.4 Å². The molecule has 0 bridgehead atoms. The molecule has 7 nitrogen and oxygen atoms in total. The van der Waals surface area contributed by atoms with Crippen LogP contribution in [0.15, 0.2) is 4.52 Å². The van der Waals surface area contributed by atoms with Crippen molar-refractivity contribution in [3.05, 3.63) is 11.7 Å². The van der Waals surface area contributed by atoms with Crippen molar-refractivity contribution in [2.75, 3.05) is 19.8 Å². The molecule has 0 spiro atoms. The Morgan fingerprint density at radius 1 is 1.43 bits per heavy atom. The summed E-state index contributed by atoms with van der Waals surface area (Å²) >= 11 is 0. The quantitative estimate of drug-likeness (QED) is 0.876. The highest BCUT2D eigenvalue weighted by atomic mass is 16.5. The molecule has 2 rings (SSSR count). The molecule has 0 saturated carbocycles. The van der Waals surface area contributed by atoms with E-state index in [9.17, 15) is 9.90 Å². The molecule has 118 valence electrons. The number of nitrogens with zero attached hydrogens (tertiary/aromatic N) is 3. The summed E-state index contributed by atoms with van der Waals surface area (Å²) in [6.07, 6.45) is 0. The van der Waals surface area contributed by atoms with Crippen molar-refractivity contribution in [1.82, 2.24) is 15.0 Å². The summed E-state index contributed by atoms with van der Waals surface area (Å²) in [5.41, 5.74) is -0.192. The molecule has 1 saturated heterocycles. The van der Waals surface area contributed by atoms with Crippen LogP contribution >= 0.6 is 0 Å². The van der Waals surface area contributed by atoms with E-state index in [1.54, 1.807) is 0 Å². The number of carboxylic acids is 1. The summed E-state index contributed by atoms with van der Waals surface area (Å²) in [7, 11) is 0. The normalized spacial score (nSPS) is 22.9. The first kappa shape index (κ1) is 15.9. The number of rotatable bonds is 5. The molecule has 1 fully saturated rings. The van der Waals surface area contributed by atoms with Gasteiger partial charge in [-0.05, 0) is 6.54 Å². The Morgan fingerprint density at radius 3 is 2.67 bits per heavy atom. The summed E-state index contributed by atoms with van der Waals surface area (Å²) in [6.45, 7) is 9.87. The Labute approximate surface area is 124 Å². The van der Waals surface area contributed by atoms with Crippen LogP contribution < -0.4 is 0 Å². The van der Waals surface area contributed by atoms with Gasteiger partial charge in [-0.2, -0.15) is 4.98 Å². The summed E-state index contributed by atoms with van der Waals surface area (Å²) < 4.78 is 10.6. The average Bonchev–Trinajstić information content (AvgIpc) is 3.03. The van der Waals surface area contributed by atoms with Crippen molar-refractivity contribution < 1.29 is 19.2 Å². The van der Waals surface area contributed by atoms with E-state index >= 15 is 0 Å². The Balaban J connectivity index is 2.09. The molecule has 1 aliphatic rings. The number of carboxylic acid groups (broad SMARTS) is 1. The molecule has 2 atom stereocenters. The number of aromatic nitrogens is 2. The van der Waals surface area contributed by atoms with Gasteiger partial charge in [-0.3, -0.25) is 9.69 Å². The van der Waals surface area contributed by atoms with Gasteiger partial charge in [0.05, 0.1) is 25.7 Å². The van der Waals surface area contributed by atoms with Crippen molar-refractivity contribution in [2.24, 2.45) is 5.92 Å². The second-order valence-corrected chi connectivity index (χ2v) is 6.38. The van der Waals surface area contributed by atoms with E-state index < -0.39 is 11.9 Å². The number of ether oxygens (including phenoxy) is 1. The second kappa shape index (κ2) is 6.11. The number of carbonyl (C=O) groups is 1. The largest absolute Gasteiger partial charge is 0.481 e. The van der Waals surface area contributed by atoms with Crippen LogP contribution in [0.2, 0.25) is 0 Å². The van der Waals surface area contributed by atoms with Crippen LogP contribution in [0.25, 0.3) is 0 Å². The lowest BCUT2D eigenvalue weighted by Gasteiger charge is -2.27. The summed E-state index contributed by atoms with van der Waals surface area (Å²) in [5.74, 6) is -0.151. The number of aliphatic carboxylic acids is 1. The maximum atomic E-state index is 11.3. The molecule has 2 heterocycles. The lowest BCUT2D eigenvalue weighted by atomic mass is 9.97. The highest BCUT2D eigenvalue weighted by Gasteiger charge is 2.38. The second-order valence-electron chi connectivity index (χ2n) is 6.38. The minimum atomic E-state index is -0.820. The SMILES string of the molecule is CCN(Cc1noc(C(C)(C)C)n1)C1COCC1C(=O)O. The van der Waals surface area contributed by atoms with E-state index in [-0.39, 0.29) is 18.1 Å². The maximum Gasteiger partial charge on any atom is 0.310 e. The minimum absolute atomic E-state index is 0.149. The maximum absolute atomic E-state index is 11.3. The van der Waals surface area contributed by atoms with Gasteiger partial charge in [0, 0.05) is 11.5 Å². The molecular formula is C14H23N3O4. The Bertz CT molecular complexity index is 495. The van der Waals surface area contributed by atoms with Gasteiger partial charge in [0.25, 0.3) is 0 Å². The van der Waals surface area contributed by atoms with E-state index in [2.05, 4.69) is 10.1 Å². The van der Waals surface area contributed by atoms with Gasteiger partial charge < -0.3 is 14.4 Å². The molecule has 0 aliphatic carbocycles. The number of hydrogen-bond acceptors (Lipinski definition) is 6. The third-order valence-corrected chi connectivity index (χ3v) is 3.70. The zero-order chi connectivity index (χ0) is 15.6. The topological polar surface area (TPSA) is 88.7 Å². The lowest BCUT2D eigenvalue weighted by molar-refractivity contribution is -0.143. The molecule has 21 heavy (non-hydrogen) atoms. The smallest absolute Gasteiger partial charge is 0.310 e. The fourth-order valence-corrected chi connectivity index (χ4v) is 2.41. The standard InChI is InChI=1S/C14H23N3O4/c1-5-17(10-8-20-7-9(10)12(18)19)6-11-15-13(21-16-11)14(2,3)4/h9-10H,5-8H2,1-4H3,(H,18,19). The van der Waals surface area contributed by atoms with Gasteiger partial charge in [-0.15, -0.1) is 0 Å². The van der Waals surface area contributed by atoms with Crippen molar-refractivity contribution in [2.45, 2.75) is 45.7 Å². The Hall–Kier alpha value is -1.47. The van der Waals surface area contributed by atoms with Crippen molar-refractivity contribution in [1.29, 1.82) is 0 Å². The van der Waals surface area contributed by atoms with Crippen LogP contribution in [-0.4, -0.2) is 51.9 Å². The van der Waals surface area contributed by atoms with Gasteiger partial charge in [0.15, 0.2) is 5.82 Å². The third kappa shape index (κ3) is 3.59. The van der Waals surface area contributed by atoms with E-state index in [1.807, 2.05) is 32.6 Å². The number of likely N-dealkylation sites (N-methyl/N-ethyl adjacent to an activating group) is 1. The highest BCUT2D eigenvalue weighted by molar-refractivity contribution is 5.71. The average molecular weight is 297 g/mol. The molecule has 1 aromatic heterocycles. The Kier molecular flexibility index (Phi) is 4.63. The summed E-state index contributed by atoms with van der Waals surface area (Å²) in [6, 6.07) is -0.149. The third-order valence-electron chi connectivity index (χ3n) is 3.70. The zero-order valence-electron chi connectivity index (χ0n) is 13.0. The van der Waals surface area contributed by atoms with Gasteiger partial charge in [0.1, 0.15) is 0 Å². The molecule has 1 N–H and O–H groups in total. The first-order chi connectivity index (χ1) is 9.82. The van der Waals surface area contributed by atoms with Crippen molar-refractivity contribution in [3.8, 4) is 0 Å². The molecule has 7 heteroatoms. The molecule has 0 radical (unpaired) electrons. The lowest BCUT2D eigenvalue weighted by Crippen LogP contribution is -2.42. The zero-order valence-corrected chi connectivity index (χ0v) is 13.0. The fraction of sp³-hybridized carbons (Fsp3) is 0.786. The fourth-order valence-electron chi connectivity index (χ4n) is 2.41. The van der Waals surface area contributed by atoms with E-state index in [1.165, 1.54) is 0 Å². The first-order valence-electron chi connectivity index (χ1n) is 7.20. The molecule has 1 aromatic rings. The molecule has 2 unspecified atom stereocenters. The monoisotopic (exact) mass is 297 g/mol. The van der Waals surface area contributed by atoms with Crippen LogP contribution in [0.3, 0.4) is 0 Å². The predicted molar refractivity (Wildman–Crippen MR) is 74.8 cm³/mol. The van der Waals surface area contributed by atoms with Gasteiger partial charge in [0.2, 0.25) is 5.89 Å². The van der Waals surface area contributed by atoms with E-state index in [4.69, 9.17) is 9.26 Å². The van der Waals surface area contributed by atoms with Gasteiger partial charge >= 0.3 is 5.97 Å². The van der Waals surface area contributed by atoms with E-state index in [0.717, 1.165) is 0 Å². The Morgan fingerprint density at radius 2 is 2.14 bits per heavy atom. The molecular weight excluding hydrogens is 274 g/mol. The van der Waals surface area contributed by atoms with Crippen LogP contribution in [0.4, 0.5) is 0 Å².